The number of hydrogen-bond donors (Lipinski definition) is 1. The van der Waals surface area contributed by atoms with Crippen molar-refractivity contribution in [3.05, 3.63) is 60.2 Å². The van der Waals surface area contributed by atoms with E-state index >= 15 is 0 Å². The number of para-hydroxylation sites is 2. The molecule has 0 spiro atoms. The maximum absolute atomic E-state index is 4.66. The lowest BCUT2D eigenvalue weighted by Crippen LogP contribution is -2.20. The van der Waals surface area contributed by atoms with Gasteiger partial charge in [0.05, 0.1) is 23.3 Å². The summed E-state index contributed by atoms with van der Waals surface area (Å²) in [6.07, 6.45) is 1.82. The maximum atomic E-state index is 4.66. The Morgan fingerprint density at radius 3 is 2.70 bits per heavy atom. The van der Waals surface area contributed by atoms with Crippen LogP contribution in [0.2, 0.25) is 0 Å². The standard InChI is InChI=1S/C16H18N4/c1-12(13-7-5-6-10-17-13)18-11-16-19-14-8-3-4-9-15(14)20(16)2/h3-10,12,18H,11H2,1-2H3. The van der Waals surface area contributed by atoms with Gasteiger partial charge in [0.2, 0.25) is 0 Å². The number of benzene rings is 1. The van der Waals surface area contributed by atoms with Crippen LogP contribution in [0, 0.1) is 0 Å². The molecule has 4 heteroatoms. The molecule has 2 aromatic heterocycles. The fraction of sp³-hybridized carbons (Fsp3) is 0.250. The number of pyridine rings is 1. The van der Waals surface area contributed by atoms with Crippen molar-refractivity contribution >= 4 is 11.0 Å². The summed E-state index contributed by atoms with van der Waals surface area (Å²) >= 11 is 0. The molecule has 1 unspecified atom stereocenters. The van der Waals surface area contributed by atoms with E-state index in [0.717, 1.165) is 29.1 Å². The van der Waals surface area contributed by atoms with Gasteiger partial charge >= 0.3 is 0 Å². The van der Waals surface area contributed by atoms with Crippen molar-refractivity contribution in [3.63, 3.8) is 0 Å². The van der Waals surface area contributed by atoms with Crippen molar-refractivity contribution in [2.24, 2.45) is 7.05 Å². The van der Waals surface area contributed by atoms with E-state index in [-0.39, 0.29) is 6.04 Å². The van der Waals surface area contributed by atoms with E-state index in [4.69, 9.17) is 0 Å². The Hall–Kier alpha value is -2.20. The second kappa shape index (κ2) is 5.43. The van der Waals surface area contributed by atoms with Gasteiger partial charge in [0.1, 0.15) is 5.82 Å². The lowest BCUT2D eigenvalue weighted by Gasteiger charge is -2.12. The summed E-state index contributed by atoms with van der Waals surface area (Å²) in [5, 5.41) is 3.47. The molecule has 0 bridgehead atoms. The minimum atomic E-state index is 0.205. The molecule has 0 saturated heterocycles. The molecule has 0 amide bonds. The molecule has 0 fully saturated rings. The number of imidazole rings is 1. The molecular weight excluding hydrogens is 248 g/mol. The zero-order valence-corrected chi connectivity index (χ0v) is 11.7. The fourth-order valence-electron chi connectivity index (χ4n) is 2.33. The molecule has 0 aliphatic heterocycles. The molecule has 3 aromatic rings. The van der Waals surface area contributed by atoms with Crippen LogP contribution < -0.4 is 5.32 Å². The summed E-state index contributed by atoms with van der Waals surface area (Å²) in [6, 6.07) is 14.4. The molecule has 0 radical (unpaired) electrons. The lowest BCUT2D eigenvalue weighted by molar-refractivity contribution is 0.540. The molecule has 2 heterocycles. The second-order valence-electron chi connectivity index (χ2n) is 4.93. The van der Waals surface area contributed by atoms with Gasteiger partial charge in [-0.3, -0.25) is 4.98 Å². The van der Waals surface area contributed by atoms with E-state index in [2.05, 4.69) is 39.9 Å². The zero-order valence-electron chi connectivity index (χ0n) is 11.7. The van der Waals surface area contributed by atoms with Gasteiger partial charge in [0.25, 0.3) is 0 Å². The quantitative estimate of drug-likeness (QED) is 0.789. The van der Waals surface area contributed by atoms with Gasteiger partial charge < -0.3 is 9.88 Å². The molecule has 3 rings (SSSR count). The molecule has 1 aromatic carbocycles. The van der Waals surface area contributed by atoms with Gasteiger partial charge in [-0.15, -0.1) is 0 Å². The van der Waals surface area contributed by atoms with E-state index in [9.17, 15) is 0 Å². The predicted octanol–water partition coefficient (Wildman–Crippen LogP) is 2.82. The van der Waals surface area contributed by atoms with Gasteiger partial charge in [-0.05, 0) is 31.2 Å². The van der Waals surface area contributed by atoms with Crippen molar-refractivity contribution < 1.29 is 0 Å². The predicted molar refractivity (Wildman–Crippen MR) is 80.2 cm³/mol. The highest BCUT2D eigenvalue weighted by molar-refractivity contribution is 5.75. The van der Waals surface area contributed by atoms with Crippen LogP contribution in [0.4, 0.5) is 0 Å². The first kappa shape index (κ1) is 12.8. The van der Waals surface area contributed by atoms with E-state index in [1.165, 1.54) is 0 Å². The third-order valence-corrected chi connectivity index (χ3v) is 3.58. The molecule has 0 saturated carbocycles. The maximum Gasteiger partial charge on any atom is 0.123 e. The fourth-order valence-corrected chi connectivity index (χ4v) is 2.33. The average molecular weight is 266 g/mol. The Labute approximate surface area is 118 Å². The van der Waals surface area contributed by atoms with Crippen LogP contribution in [0.25, 0.3) is 11.0 Å². The highest BCUT2D eigenvalue weighted by Gasteiger charge is 2.10. The van der Waals surface area contributed by atoms with Crippen molar-refractivity contribution in [3.8, 4) is 0 Å². The first-order chi connectivity index (χ1) is 9.75. The van der Waals surface area contributed by atoms with Gasteiger partial charge in [0.15, 0.2) is 0 Å². The van der Waals surface area contributed by atoms with Crippen LogP contribution in [-0.2, 0) is 13.6 Å². The zero-order chi connectivity index (χ0) is 13.9. The summed E-state index contributed by atoms with van der Waals surface area (Å²) in [7, 11) is 2.05. The highest BCUT2D eigenvalue weighted by atomic mass is 15.1. The van der Waals surface area contributed by atoms with Gasteiger partial charge in [-0.25, -0.2) is 4.98 Å². The molecule has 20 heavy (non-hydrogen) atoms. The summed E-state index contributed by atoms with van der Waals surface area (Å²) < 4.78 is 2.13. The van der Waals surface area contributed by atoms with Crippen LogP contribution in [-0.4, -0.2) is 14.5 Å². The molecule has 1 atom stereocenters. The van der Waals surface area contributed by atoms with E-state index in [1.54, 1.807) is 0 Å². The summed E-state index contributed by atoms with van der Waals surface area (Å²) in [4.78, 5) is 9.02. The molecule has 102 valence electrons. The van der Waals surface area contributed by atoms with Crippen LogP contribution >= 0.6 is 0 Å². The Bertz CT molecular complexity index is 703. The van der Waals surface area contributed by atoms with Crippen LogP contribution in [0.1, 0.15) is 24.5 Å². The van der Waals surface area contributed by atoms with E-state index in [1.807, 2.05) is 42.6 Å². The molecule has 1 N–H and O–H groups in total. The summed E-state index contributed by atoms with van der Waals surface area (Å²) in [5.74, 6) is 1.04. The smallest absolute Gasteiger partial charge is 0.123 e. The van der Waals surface area contributed by atoms with Crippen LogP contribution in [0.3, 0.4) is 0 Å². The SMILES string of the molecule is CC(NCc1nc2ccccc2n1C)c1ccccn1. The van der Waals surface area contributed by atoms with Crippen molar-refractivity contribution in [1.82, 2.24) is 19.9 Å². The molecule has 4 nitrogen and oxygen atoms in total. The van der Waals surface area contributed by atoms with Crippen LogP contribution in [0.5, 0.6) is 0 Å². The lowest BCUT2D eigenvalue weighted by atomic mass is 10.2. The Morgan fingerprint density at radius 2 is 1.95 bits per heavy atom. The third kappa shape index (κ3) is 2.42. The number of aryl methyl sites for hydroxylation is 1. The Kier molecular flexibility index (Phi) is 3.48. The Balaban J connectivity index is 1.76. The largest absolute Gasteiger partial charge is 0.330 e. The molecule has 0 aliphatic carbocycles. The number of nitrogens with one attached hydrogen (secondary N) is 1. The number of fused-ring (bicyclic) bond motifs is 1. The third-order valence-electron chi connectivity index (χ3n) is 3.58. The first-order valence-electron chi connectivity index (χ1n) is 6.80. The van der Waals surface area contributed by atoms with E-state index in [0.29, 0.717) is 0 Å². The monoisotopic (exact) mass is 266 g/mol. The minimum Gasteiger partial charge on any atom is -0.330 e. The van der Waals surface area contributed by atoms with Gasteiger partial charge in [-0.1, -0.05) is 18.2 Å². The minimum absolute atomic E-state index is 0.205. The number of nitrogens with zero attached hydrogens (tertiary/aromatic N) is 3. The number of hydrogen-bond acceptors (Lipinski definition) is 3. The average Bonchev–Trinajstić information content (AvgIpc) is 2.83. The molecular formula is C16H18N4. The first-order valence-corrected chi connectivity index (χ1v) is 6.80. The topological polar surface area (TPSA) is 42.7 Å². The van der Waals surface area contributed by atoms with Crippen molar-refractivity contribution in [1.29, 1.82) is 0 Å². The second-order valence-corrected chi connectivity index (χ2v) is 4.93. The van der Waals surface area contributed by atoms with Gasteiger partial charge in [-0.2, -0.15) is 0 Å². The van der Waals surface area contributed by atoms with Crippen molar-refractivity contribution in [2.75, 3.05) is 0 Å². The normalized spacial score (nSPS) is 12.7. The molecule has 0 aliphatic rings. The Morgan fingerprint density at radius 1 is 1.15 bits per heavy atom. The van der Waals surface area contributed by atoms with Gasteiger partial charge in [0, 0.05) is 19.3 Å². The highest BCUT2D eigenvalue weighted by Crippen LogP contribution is 2.15. The summed E-state index contributed by atoms with van der Waals surface area (Å²) in [5.41, 5.74) is 3.25. The van der Waals surface area contributed by atoms with E-state index < -0.39 is 0 Å². The number of aromatic nitrogens is 3. The summed E-state index contributed by atoms with van der Waals surface area (Å²) in [6.45, 7) is 2.84. The van der Waals surface area contributed by atoms with Crippen LogP contribution in [0.15, 0.2) is 48.7 Å². The number of rotatable bonds is 4. The van der Waals surface area contributed by atoms with Crippen molar-refractivity contribution in [2.45, 2.75) is 19.5 Å².